The van der Waals surface area contributed by atoms with E-state index < -0.39 is 6.04 Å². The summed E-state index contributed by atoms with van der Waals surface area (Å²) >= 11 is 0. The van der Waals surface area contributed by atoms with E-state index >= 15 is 0 Å². The number of nitrogens with one attached hydrogen (secondary N) is 1. The highest BCUT2D eigenvalue weighted by Crippen LogP contribution is 2.36. The van der Waals surface area contributed by atoms with E-state index in [1.165, 1.54) is 6.33 Å². The van der Waals surface area contributed by atoms with Gasteiger partial charge in [-0.15, -0.1) is 0 Å². The zero-order valence-electron chi connectivity index (χ0n) is 15.2. The van der Waals surface area contributed by atoms with Crippen molar-refractivity contribution in [2.45, 2.75) is 32.7 Å². The largest absolute Gasteiger partial charge is 0.464 e. The molecule has 2 heterocycles. The summed E-state index contributed by atoms with van der Waals surface area (Å²) in [6, 6.07) is 9.34. The Kier molecular flexibility index (Phi) is 4.35. The highest BCUT2D eigenvalue weighted by atomic mass is 16.5. The summed E-state index contributed by atoms with van der Waals surface area (Å²) in [6.45, 7) is 4.30. The second-order valence-corrected chi connectivity index (χ2v) is 6.72. The van der Waals surface area contributed by atoms with E-state index in [-0.39, 0.29) is 18.3 Å². The van der Waals surface area contributed by atoms with E-state index in [0.29, 0.717) is 18.9 Å². The van der Waals surface area contributed by atoms with Crippen LogP contribution in [0, 0.1) is 13.8 Å². The van der Waals surface area contributed by atoms with Crippen molar-refractivity contribution in [1.29, 1.82) is 0 Å². The van der Waals surface area contributed by atoms with Gasteiger partial charge in [-0.2, -0.15) is 5.10 Å². The van der Waals surface area contributed by atoms with Gasteiger partial charge in [0.2, 0.25) is 5.91 Å². The molecule has 0 spiro atoms. The number of hydrogen-bond acceptors (Lipinski definition) is 5. The molecule has 138 valence electrons. The molecule has 1 N–H and O–H groups in total. The van der Waals surface area contributed by atoms with Crippen LogP contribution >= 0.6 is 0 Å². The molecular formula is C20H20N4O3. The van der Waals surface area contributed by atoms with Gasteiger partial charge in [-0.25, -0.2) is 9.78 Å². The van der Waals surface area contributed by atoms with E-state index in [4.69, 9.17) is 4.74 Å². The number of hydrogen-bond donors (Lipinski definition) is 1. The van der Waals surface area contributed by atoms with Crippen LogP contribution in [0.5, 0.6) is 0 Å². The molecule has 1 atom stereocenters. The normalized spacial score (nSPS) is 16.5. The first-order chi connectivity index (χ1) is 13.1. The van der Waals surface area contributed by atoms with Crippen LogP contribution in [0.4, 0.5) is 5.69 Å². The number of rotatable bonds is 4. The third-order valence-corrected chi connectivity index (χ3v) is 5.04. The van der Waals surface area contributed by atoms with E-state index in [2.05, 4.69) is 21.2 Å². The van der Waals surface area contributed by atoms with Gasteiger partial charge in [0.1, 0.15) is 12.4 Å². The van der Waals surface area contributed by atoms with Crippen LogP contribution in [0.15, 0.2) is 36.7 Å². The average molecular weight is 364 g/mol. The van der Waals surface area contributed by atoms with Crippen LogP contribution in [0.1, 0.15) is 23.4 Å². The molecule has 0 bridgehead atoms. The van der Waals surface area contributed by atoms with Gasteiger partial charge in [0.15, 0.2) is 5.82 Å². The van der Waals surface area contributed by atoms with Gasteiger partial charge in [-0.3, -0.25) is 14.8 Å². The molecule has 1 saturated heterocycles. The van der Waals surface area contributed by atoms with Crippen molar-refractivity contribution in [3.63, 3.8) is 0 Å². The maximum atomic E-state index is 13.3. The average Bonchev–Trinajstić information content (AvgIpc) is 3.31. The van der Waals surface area contributed by atoms with Crippen LogP contribution in [0.2, 0.25) is 0 Å². The number of aromatic amines is 1. The molecule has 7 nitrogen and oxygen atoms in total. The Morgan fingerprint density at radius 2 is 2.15 bits per heavy atom. The fourth-order valence-corrected chi connectivity index (χ4v) is 3.59. The van der Waals surface area contributed by atoms with Gasteiger partial charge in [-0.1, -0.05) is 30.3 Å². The number of aryl methyl sites for hydroxylation is 1. The van der Waals surface area contributed by atoms with E-state index in [1.807, 2.05) is 38.1 Å². The fraction of sp³-hybridized carbons (Fsp3) is 0.300. The molecule has 0 radical (unpaired) electrons. The van der Waals surface area contributed by atoms with E-state index in [1.54, 1.807) is 4.90 Å². The molecule has 2 aromatic carbocycles. The number of amides is 1. The Balaban J connectivity index is 1.88. The number of aromatic nitrogens is 3. The fourth-order valence-electron chi connectivity index (χ4n) is 3.59. The van der Waals surface area contributed by atoms with Crippen molar-refractivity contribution in [2.75, 3.05) is 11.5 Å². The molecule has 1 aliphatic rings. The summed E-state index contributed by atoms with van der Waals surface area (Å²) in [6.07, 6.45) is 1.92. The number of ether oxygens (including phenoxy) is 1. The molecule has 1 fully saturated rings. The Labute approximate surface area is 156 Å². The summed E-state index contributed by atoms with van der Waals surface area (Å²) in [5.74, 6) is -0.202. The Hall–Kier alpha value is -3.22. The van der Waals surface area contributed by atoms with Crippen LogP contribution in [0.25, 0.3) is 10.8 Å². The van der Waals surface area contributed by atoms with E-state index in [0.717, 1.165) is 27.6 Å². The van der Waals surface area contributed by atoms with Gasteiger partial charge in [-0.05, 0) is 30.4 Å². The summed E-state index contributed by atoms with van der Waals surface area (Å²) in [5.41, 5.74) is 2.79. The monoisotopic (exact) mass is 364 g/mol. The maximum absolute atomic E-state index is 13.3. The number of carbonyl (C=O) groups excluding carboxylic acids is 2. The number of H-pyrrole nitrogens is 1. The summed E-state index contributed by atoms with van der Waals surface area (Å²) in [5, 5.41) is 8.56. The van der Waals surface area contributed by atoms with Crippen LogP contribution in [0.3, 0.4) is 0 Å². The first-order valence-corrected chi connectivity index (χ1v) is 8.88. The maximum Gasteiger partial charge on any atom is 0.329 e. The Morgan fingerprint density at radius 1 is 1.33 bits per heavy atom. The van der Waals surface area contributed by atoms with Crippen molar-refractivity contribution >= 4 is 28.3 Å². The molecule has 0 aliphatic carbocycles. The second-order valence-electron chi connectivity index (χ2n) is 6.72. The minimum Gasteiger partial charge on any atom is -0.464 e. The highest BCUT2D eigenvalue weighted by molar-refractivity contribution is 6.09. The molecule has 4 rings (SSSR count). The lowest BCUT2D eigenvalue weighted by Gasteiger charge is -2.30. The Bertz CT molecular complexity index is 1010. The zero-order valence-corrected chi connectivity index (χ0v) is 15.2. The molecule has 1 aromatic heterocycles. The van der Waals surface area contributed by atoms with Crippen molar-refractivity contribution < 1.29 is 14.3 Å². The third-order valence-electron chi connectivity index (χ3n) is 5.04. The first-order valence-electron chi connectivity index (χ1n) is 8.88. The zero-order chi connectivity index (χ0) is 19.0. The first kappa shape index (κ1) is 17.2. The van der Waals surface area contributed by atoms with E-state index in [9.17, 15) is 9.59 Å². The van der Waals surface area contributed by atoms with Gasteiger partial charge < -0.3 is 4.74 Å². The summed E-state index contributed by atoms with van der Waals surface area (Å²) in [4.78, 5) is 31.3. The number of carbonyl (C=O) groups is 2. The minimum absolute atomic E-state index is 0.00892. The quantitative estimate of drug-likeness (QED) is 0.719. The molecule has 7 heteroatoms. The lowest BCUT2D eigenvalue weighted by Crippen LogP contribution is -2.44. The molecule has 0 saturated carbocycles. The lowest BCUT2D eigenvalue weighted by atomic mass is 9.97. The van der Waals surface area contributed by atoms with Crippen molar-refractivity contribution in [2.24, 2.45) is 0 Å². The standard InChI is InChI=1S/C20H20N4O3/c1-12-9-14-5-3-4-6-15(14)19(13(12)2)24(16-7-8-27-20(16)26)18(25)10-17-21-11-22-23-17/h3-6,9,11,16H,7-8,10H2,1-2H3,(H,21,22,23). The van der Waals surface area contributed by atoms with Crippen molar-refractivity contribution in [3.8, 4) is 0 Å². The SMILES string of the molecule is Cc1cc2ccccc2c(N(C(=O)Cc2nc[nH]n2)C2CCOC2=O)c1C. The number of esters is 1. The molecule has 27 heavy (non-hydrogen) atoms. The summed E-state index contributed by atoms with van der Waals surface area (Å²) < 4.78 is 5.17. The number of benzene rings is 2. The summed E-state index contributed by atoms with van der Waals surface area (Å²) in [7, 11) is 0. The minimum atomic E-state index is -0.639. The molecule has 1 unspecified atom stereocenters. The van der Waals surface area contributed by atoms with Crippen LogP contribution < -0.4 is 4.90 Å². The van der Waals surface area contributed by atoms with Gasteiger partial charge in [0.05, 0.1) is 18.7 Å². The number of nitrogens with zero attached hydrogens (tertiary/aromatic N) is 3. The predicted molar refractivity (Wildman–Crippen MR) is 100 cm³/mol. The highest BCUT2D eigenvalue weighted by Gasteiger charge is 2.38. The third kappa shape index (κ3) is 3.05. The molecule has 1 aliphatic heterocycles. The van der Waals surface area contributed by atoms with Crippen molar-refractivity contribution in [3.05, 3.63) is 53.6 Å². The molecular weight excluding hydrogens is 344 g/mol. The number of fused-ring (bicyclic) bond motifs is 1. The molecule has 3 aromatic rings. The predicted octanol–water partition coefficient (Wildman–Crippen LogP) is 2.47. The van der Waals surface area contributed by atoms with Gasteiger partial charge >= 0.3 is 5.97 Å². The second kappa shape index (κ2) is 6.83. The van der Waals surface area contributed by atoms with Crippen LogP contribution in [-0.2, 0) is 20.7 Å². The Morgan fingerprint density at radius 3 is 2.85 bits per heavy atom. The van der Waals surface area contributed by atoms with Gasteiger partial charge in [0, 0.05) is 11.8 Å². The van der Waals surface area contributed by atoms with Gasteiger partial charge in [0.25, 0.3) is 0 Å². The number of anilines is 1. The van der Waals surface area contributed by atoms with Crippen molar-refractivity contribution in [1.82, 2.24) is 15.2 Å². The molecule has 1 amide bonds. The van der Waals surface area contributed by atoms with Crippen LogP contribution in [-0.4, -0.2) is 39.7 Å². The smallest absolute Gasteiger partial charge is 0.329 e. The topological polar surface area (TPSA) is 88.2 Å². The number of cyclic esters (lactones) is 1. The lowest BCUT2D eigenvalue weighted by molar-refractivity contribution is -0.140.